The quantitative estimate of drug-likeness (QED) is 0.640. The van der Waals surface area contributed by atoms with Crippen LogP contribution in [0.3, 0.4) is 0 Å². The second kappa shape index (κ2) is 10.0. The lowest BCUT2D eigenvalue weighted by atomic mass is 10.0. The third-order valence-electron chi connectivity index (χ3n) is 7.41. The van der Waals surface area contributed by atoms with Crippen molar-refractivity contribution in [2.75, 3.05) is 53.4 Å². The molecule has 3 fully saturated rings. The summed E-state index contributed by atoms with van der Waals surface area (Å²) >= 11 is 0. The standard InChI is InChI=1S/C24H43N5/c1-7-19(2)26(6)22-12-15-27(17-22)18-23-10-8-14-29(23)20(3)16-28-13-9-11-24(25-5)21(28)4/h22-25H,2-4,7-18H2,1,5-6H3/t22?,23?,24-/m0/s1. The van der Waals surface area contributed by atoms with Crippen LogP contribution in [-0.2, 0) is 0 Å². The van der Waals surface area contributed by atoms with Crippen LogP contribution in [0.4, 0.5) is 0 Å². The molecule has 0 radical (unpaired) electrons. The fourth-order valence-electron chi connectivity index (χ4n) is 5.36. The number of nitrogens with zero attached hydrogens (tertiary/aromatic N) is 4. The number of hydrogen-bond acceptors (Lipinski definition) is 5. The summed E-state index contributed by atoms with van der Waals surface area (Å²) in [6, 6.07) is 1.65. The maximum absolute atomic E-state index is 4.50. The van der Waals surface area contributed by atoms with Crippen LogP contribution in [0.15, 0.2) is 36.8 Å². The SMILES string of the molecule is C=C1[C@@H](NC)CCCN1CC(=C)N1CCCC1CN1CCC(N(C)C(=C)CC)C1. The first-order valence-corrected chi connectivity index (χ1v) is 11.6. The van der Waals surface area contributed by atoms with Crippen LogP contribution in [-0.4, -0.2) is 91.1 Å². The Morgan fingerprint density at radius 1 is 1.14 bits per heavy atom. The molecule has 164 valence electrons. The van der Waals surface area contributed by atoms with E-state index in [1.165, 1.54) is 68.8 Å². The topological polar surface area (TPSA) is 25.0 Å². The van der Waals surface area contributed by atoms with E-state index in [4.69, 9.17) is 0 Å². The molecule has 3 aliphatic heterocycles. The number of piperidine rings is 1. The van der Waals surface area contributed by atoms with Gasteiger partial charge in [0.1, 0.15) is 0 Å². The molecule has 3 saturated heterocycles. The molecule has 3 heterocycles. The van der Waals surface area contributed by atoms with Crippen molar-refractivity contribution in [1.29, 1.82) is 0 Å². The maximum Gasteiger partial charge on any atom is 0.0570 e. The molecule has 5 heteroatoms. The Bertz CT molecular complexity index is 600. The molecule has 0 aliphatic carbocycles. The van der Waals surface area contributed by atoms with Crippen LogP contribution in [0.5, 0.6) is 0 Å². The van der Waals surface area contributed by atoms with E-state index in [0.717, 1.165) is 26.1 Å². The van der Waals surface area contributed by atoms with Crippen LogP contribution < -0.4 is 5.32 Å². The van der Waals surface area contributed by atoms with Crippen LogP contribution in [0.1, 0.15) is 45.4 Å². The first-order valence-electron chi connectivity index (χ1n) is 11.6. The molecule has 3 atom stereocenters. The van der Waals surface area contributed by atoms with E-state index in [9.17, 15) is 0 Å². The summed E-state index contributed by atoms with van der Waals surface area (Å²) in [4.78, 5) is 10.1. The fourth-order valence-corrected chi connectivity index (χ4v) is 5.36. The molecule has 0 bridgehead atoms. The predicted octanol–water partition coefficient (Wildman–Crippen LogP) is 3.09. The molecule has 29 heavy (non-hydrogen) atoms. The Kier molecular flexibility index (Phi) is 7.69. The molecule has 0 aromatic heterocycles. The minimum absolute atomic E-state index is 0.419. The lowest BCUT2D eigenvalue weighted by Crippen LogP contribution is -2.45. The van der Waals surface area contributed by atoms with Crippen molar-refractivity contribution >= 4 is 0 Å². The zero-order valence-corrected chi connectivity index (χ0v) is 19.1. The van der Waals surface area contributed by atoms with Gasteiger partial charge in [0, 0.05) is 75.0 Å². The molecule has 0 aromatic rings. The van der Waals surface area contributed by atoms with Gasteiger partial charge in [0.05, 0.1) is 6.54 Å². The third kappa shape index (κ3) is 5.18. The highest BCUT2D eigenvalue weighted by Crippen LogP contribution is 2.27. The second-order valence-electron chi connectivity index (χ2n) is 9.18. The molecule has 0 saturated carbocycles. The van der Waals surface area contributed by atoms with Gasteiger partial charge in [0.25, 0.3) is 0 Å². The van der Waals surface area contributed by atoms with Crippen molar-refractivity contribution in [3.63, 3.8) is 0 Å². The first kappa shape index (κ1) is 22.2. The van der Waals surface area contributed by atoms with Gasteiger partial charge in [-0.15, -0.1) is 0 Å². The molecule has 5 nitrogen and oxygen atoms in total. The van der Waals surface area contributed by atoms with Crippen LogP contribution in [0, 0.1) is 0 Å². The monoisotopic (exact) mass is 401 g/mol. The first-order chi connectivity index (χ1) is 13.9. The van der Waals surface area contributed by atoms with E-state index >= 15 is 0 Å². The number of rotatable bonds is 9. The molecule has 0 amide bonds. The molecule has 0 aromatic carbocycles. The second-order valence-corrected chi connectivity index (χ2v) is 9.18. The largest absolute Gasteiger partial charge is 0.374 e. The smallest absolute Gasteiger partial charge is 0.0570 e. The van der Waals surface area contributed by atoms with E-state index in [0.29, 0.717) is 18.1 Å². The Hall–Kier alpha value is -1.46. The van der Waals surface area contributed by atoms with Gasteiger partial charge in [0.2, 0.25) is 0 Å². The number of allylic oxidation sites excluding steroid dienone is 1. The average Bonchev–Trinajstić information content (AvgIpc) is 3.38. The van der Waals surface area contributed by atoms with Gasteiger partial charge < -0.3 is 20.0 Å². The molecule has 3 aliphatic rings. The summed E-state index contributed by atoms with van der Waals surface area (Å²) < 4.78 is 0. The van der Waals surface area contributed by atoms with Gasteiger partial charge in [-0.3, -0.25) is 4.90 Å². The Labute approximate surface area is 179 Å². The van der Waals surface area contributed by atoms with Gasteiger partial charge >= 0.3 is 0 Å². The number of hydrogen-bond donors (Lipinski definition) is 1. The summed E-state index contributed by atoms with van der Waals surface area (Å²) in [5, 5.41) is 3.41. The highest BCUT2D eigenvalue weighted by molar-refractivity contribution is 5.13. The average molecular weight is 402 g/mol. The van der Waals surface area contributed by atoms with Gasteiger partial charge in [-0.1, -0.05) is 26.7 Å². The molecule has 1 N–H and O–H groups in total. The molecular formula is C24H43N5. The number of likely N-dealkylation sites (tertiary alicyclic amines) is 3. The van der Waals surface area contributed by atoms with Crippen molar-refractivity contribution < 1.29 is 0 Å². The van der Waals surface area contributed by atoms with E-state index < -0.39 is 0 Å². The fraction of sp³-hybridized carbons (Fsp3) is 0.750. The van der Waals surface area contributed by atoms with E-state index in [1.807, 2.05) is 7.05 Å². The van der Waals surface area contributed by atoms with Gasteiger partial charge in [-0.2, -0.15) is 0 Å². The third-order valence-corrected chi connectivity index (χ3v) is 7.41. The van der Waals surface area contributed by atoms with Crippen molar-refractivity contribution in [3.05, 3.63) is 36.8 Å². The normalized spacial score (nSPS) is 28.2. The van der Waals surface area contributed by atoms with Crippen molar-refractivity contribution in [2.24, 2.45) is 0 Å². The summed E-state index contributed by atoms with van der Waals surface area (Å²) in [6.07, 6.45) is 7.29. The molecular weight excluding hydrogens is 358 g/mol. The minimum Gasteiger partial charge on any atom is -0.374 e. The van der Waals surface area contributed by atoms with Crippen molar-refractivity contribution in [2.45, 2.75) is 63.6 Å². The van der Waals surface area contributed by atoms with Gasteiger partial charge in [-0.05, 0) is 45.6 Å². The maximum atomic E-state index is 4.50. The summed E-state index contributed by atoms with van der Waals surface area (Å²) in [5.74, 6) is 0. The van der Waals surface area contributed by atoms with E-state index in [2.05, 4.69) is 58.6 Å². The predicted molar refractivity (Wildman–Crippen MR) is 124 cm³/mol. The Balaban J connectivity index is 1.52. The van der Waals surface area contributed by atoms with Crippen LogP contribution in [0.25, 0.3) is 0 Å². The highest BCUT2D eigenvalue weighted by atomic mass is 15.3. The lowest BCUT2D eigenvalue weighted by molar-refractivity contribution is 0.193. The van der Waals surface area contributed by atoms with Crippen molar-refractivity contribution in [3.8, 4) is 0 Å². The molecule has 0 spiro atoms. The number of nitrogens with one attached hydrogen (secondary N) is 1. The van der Waals surface area contributed by atoms with Crippen LogP contribution in [0.2, 0.25) is 0 Å². The lowest BCUT2D eigenvalue weighted by Gasteiger charge is -2.39. The minimum atomic E-state index is 0.419. The summed E-state index contributed by atoms with van der Waals surface area (Å²) in [7, 11) is 4.26. The molecule has 3 rings (SSSR count). The number of likely N-dealkylation sites (N-methyl/N-ethyl adjacent to an activating group) is 2. The molecule has 2 unspecified atom stereocenters. The highest BCUT2D eigenvalue weighted by Gasteiger charge is 2.33. The van der Waals surface area contributed by atoms with E-state index in [-0.39, 0.29) is 0 Å². The van der Waals surface area contributed by atoms with Crippen molar-refractivity contribution in [1.82, 2.24) is 24.9 Å². The summed E-state index contributed by atoms with van der Waals surface area (Å²) in [5.41, 5.74) is 3.77. The van der Waals surface area contributed by atoms with Crippen LogP contribution >= 0.6 is 0 Å². The Morgan fingerprint density at radius 2 is 1.90 bits per heavy atom. The zero-order valence-electron chi connectivity index (χ0n) is 19.1. The zero-order chi connectivity index (χ0) is 21.0. The van der Waals surface area contributed by atoms with Gasteiger partial charge in [0.15, 0.2) is 0 Å². The van der Waals surface area contributed by atoms with Gasteiger partial charge in [-0.25, -0.2) is 0 Å². The summed E-state index contributed by atoms with van der Waals surface area (Å²) in [6.45, 7) is 22.0. The van der Waals surface area contributed by atoms with E-state index in [1.54, 1.807) is 0 Å². The Morgan fingerprint density at radius 3 is 2.62 bits per heavy atom.